The molecular formula is C21H24FN3O2. The van der Waals surface area contributed by atoms with Gasteiger partial charge in [-0.1, -0.05) is 5.16 Å². The van der Waals surface area contributed by atoms with Gasteiger partial charge in [0.1, 0.15) is 5.82 Å². The van der Waals surface area contributed by atoms with Crippen LogP contribution in [0.2, 0.25) is 0 Å². The number of benzene rings is 1. The second kappa shape index (κ2) is 6.73. The summed E-state index contributed by atoms with van der Waals surface area (Å²) in [4.78, 5) is 20.0. The Balaban J connectivity index is 1.42. The van der Waals surface area contributed by atoms with Crippen LogP contribution in [0.3, 0.4) is 0 Å². The third-order valence-electron chi connectivity index (χ3n) is 6.70. The Kier molecular flexibility index (Phi) is 4.21. The molecule has 2 bridgehead atoms. The molecule has 2 saturated carbocycles. The molecule has 5 nitrogen and oxygen atoms in total. The number of hydrogen-bond acceptors (Lipinski definition) is 4. The second-order valence-corrected chi connectivity index (χ2v) is 8.23. The SMILES string of the molecule is O=C([C@H]1[C@H]2CC[C@H](C2)[C@@H]1c1nc(-c2ccc(F)cc2)no1)N1CCCCC1. The highest BCUT2D eigenvalue weighted by atomic mass is 19.1. The molecule has 0 spiro atoms. The van der Waals surface area contributed by atoms with Gasteiger partial charge in [-0.3, -0.25) is 4.79 Å². The third kappa shape index (κ3) is 2.95. The summed E-state index contributed by atoms with van der Waals surface area (Å²) in [6.07, 6.45) is 6.77. The Labute approximate surface area is 157 Å². The van der Waals surface area contributed by atoms with Gasteiger partial charge in [-0.05, 0) is 74.6 Å². The molecule has 6 heteroatoms. The summed E-state index contributed by atoms with van der Waals surface area (Å²) in [5, 5.41) is 4.12. The zero-order valence-corrected chi connectivity index (χ0v) is 15.3. The molecule has 5 rings (SSSR count). The van der Waals surface area contributed by atoms with Crippen LogP contribution in [0.1, 0.15) is 50.3 Å². The van der Waals surface area contributed by atoms with E-state index in [1.807, 2.05) is 0 Å². The highest BCUT2D eigenvalue weighted by Crippen LogP contribution is 2.57. The van der Waals surface area contributed by atoms with Crippen LogP contribution in [0.25, 0.3) is 11.4 Å². The zero-order chi connectivity index (χ0) is 18.4. The topological polar surface area (TPSA) is 59.2 Å². The van der Waals surface area contributed by atoms with Crippen molar-refractivity contribution in [3.05, 3.63) is 36.0 Å². The minimum Gasteiger partial charge on any atom is -0.342 e. The summed E-state index contributed by atoms with van der Waals surface area (Å²) in [5.41, 5.74) is 0.730. The second-order valence-electron chi connectivity index (χ2n) is 8.23. The van der Waals surface area contributed by atoms with E-state index >= 15 is 0 Å². The van der Waals surface area contributed by atoms with Crippen LogP contribution in [0.15, 0.2) is 28.8 Å². The molecule has 27 heavy (non-hydrogen) atoms. The highest BCUT2D eigenvalue weighted by Gasteiger charge is 2.54. The number of amides is 1. The molecule has 1 aromatic heterocycles. The van der Waals surface area contributed by atoms with Crippen LogP contribution in [-0.2, 0) is 4.79 Å². The number of nitrogens with zero attached hydrogens (tertiary/aromatic N) is 3. The van der Waals surface area contributed by atoms with Crippen molar-refractivity contribution in [1.29, 1.82) is 0 Å². The van der Waals surface area contributed by atoms with Gasteiger partial charge in [0, 0.05) is 18.7 Å². The quantitative estimate of drug-likeness (QED) is 0.820. The number of carbonyl (C=O) groups excluding carboxylic acids is 1. The monoisotopic (exact) mass is 369 g/mol. The van der Waals surface area contributed by atoms with E-state index in [1.165, 1.54) is 18.6 Å². The smallest absolute Gasteiger partial charge is 0.231 e. The van der Waals surface area contributed by atoms with Crippen molar-refractivity contribution in [3.63, 3.8) is 0 Å². The molecule has 1 aliphatic heterocycles. The first-order chi connectivity index (χ1) is 13.2. The molecule has 0 unspecified atom stereocenters. The third-order valence-corrected chi connectivity index (χ3v) is 6.70. The van der Waals surface area contributed by atoms with Crippen LogP contribution in [-0.4, -0.2) is 34.0 Å². The predicted molar refractivity (Wildman–Crippen MR) is 97.2 cm³/mol. The van der Waals surface area contributed by atoms with Crippen molar-refractivity contribution >= 4 is 5.91 Å². The number of fused-ring (bicyclic) bond motifs is 2. The van der Waals surface area contributed by atoms with Gasteiger partial charge in [-0.15, -0.1) is 0 Å². The Hall–Kier alpha value is -2.24. The fourth-order valence-electron chi connectivity index (χ4n) is 5.41. The molecule has 4 atom stereocenters. The molecule has 2 aliphatic carbocycles. The number of halogens is 1. The number of piperidine rings is 1. The number of rotatable bonds is 3. The maximum Gasteiger partial charge on any atom is 0.231 e. The highest BCUT2D eigenvalue weighted by molar-refractivity contribution is 5.81. The van der Waals surface area contributed by atoms with Crippen LogP contribution in [0.5, 0.6) is 0 Å². The molecule has 3 aliphatic rings. The lowest BCUT2D eigenvalue weighted by molar-refractivity contribution is -0.139. The molecule has 1 aromatic carbocycles. The zero-order valence-electron chi connectivity index (χ0n) is 15.3. The molecule has 2 aromatic rings. The average molecular weight is 369 g/mol. The Morgan fingerprint density at radius 1 is 1.07 bits per heavy atom. The fourth-order valence-corrected chi connectivity index (χ4v) is 5.41. The number of likely N-dealkylation sites (tertiary alicyclic amines) is 1. The Bertz CT molecular complexity index is 828. The van der Waals surface area contributed by atoms with Crippen LogP contribution in [0, 0.1) is 23.6 Å². The van der Waals surface area contributed by atoms with E-state index in [0.717, 1.165) is 50.8 Å². The Morgan fingerprint density at radius 3 is 2.59 bits per heavy atom. The van der Waals surface area contributed by atoms with Gasteiger partial charge in [0.05, 0.1) is 11.8 Å². The normalized spacial score (nSPS) is 30.0. The largest absolute Gasteiger partial charge is 0.342 e. The lowest BCUT2D eigenvalue weighted by Crippen LogP contribution is -2.43. The summed E-state index contributed by atoms with van der Waals surface area (Å²) in [5.74, 6) is 1.94. The average Bonchev–Trinajstić information content (AvgIpc) is 3.44. The minimum atomic E-state index is -0.289. The first-order valence-corrected chi connectivity index (χ1v) is 10.1. The molecule has 0 N–H and O–H groups in total. The van der Waals surface area contributed by atoms with Crippen molar-refractivity contribution in [1.82, 2.24) is 15.0 Å². The molecule has 0 radical (unpaired) electrons. The Morgan fingerprint density at radius 2 is 1.81 bits per heavy atom. The van der Waals surface area contributed by atoms with Crippen LogP contribution < -0.4 is 0 Å². The predicted octanol–water partition coefficient (Wildman–Crippen LogP) is 4.02. The minimum absolute atomic E-state index is 0.0247. The molecule has 2 heterocycles. The number of carbonyl (C=O) groups is 1. The summed E-state index contributed by atoms with van der Waals surface area (Å²) >= 11 is 0. The van der Waals surface area contributed by atoms with Gasteiger partial charge in [0.2, 0.25) is 17.6 Å². The standard InChI is InChI=1S/C21H24FN3O2/c22-16-8-6-13(7-9-16)19-23-20(27-24-19)17-14-4-5-15(12-14)18(17)21(26)25-10-2-1-3-11-25/h6-9,14-15,17-18H,1-5,10-12H2/t14-,15+,17+,18+/m1/s1. The van der Waals surface area contributed by atoms with Gasteiger partial charge in [0.25, 0.3) is 0 Å². The van der Waals surface area contributed by atoms with Crippen molar-refractivity contribution in [2.45, 2.75) is 44.4 Å². The van der Waals surface area contributed by atoms with E-state index in [1.54, 1.807) is 12.1 Å². The number of aromatic nitrogens is 2. The first-order valence-electron chi connectivity index (χ1n) is 10.1. The maximum absolute atomic E-state index is 13.3. The maximum atomic E-state index is 13.3. The van der Waals surface area contributed by atoms with E-state index in [-0.39, 0.29) is 23.6 Å². The lowest BCUT2D eigenvalue weighted by Gasteiger charge is -2.34. The van der Waals surface area contributed by atoms with Crippen molar-refractivity contribution in [3.8, 4) is 11.4 Å². The van der Waals surface area contributed by atoms with E-state index in [9.17, 15) is 9.18 Å². The summed E-state index contributed by atoms with van der Waals surface area (Å²) in [7, 11) is 0. The fraction of sp³-hybridized carbons (Fsp3) is 0.571. The van der Waals surface area contributed by atoms with Crippen LogP contribution in [0.4, 0.5) is 4.39 Å². The lowest BCUT2D eigenvalue weighted by atomic mass is 9.78. The van der Waals surface area contributed by atoms with Crippen molar-refractivity contribution in [2.24, 2.45) is 17.8 Å². The molecule has 3 fully saturated rings. The van der Waals surface area contributed by atoms with E-state index in [0.29, 0.717) is 23.6 Å². The van der Waals surface area contributed by atoms with Gasteiger partial charge >= 0.3 is 0 Å². The van der Waals surface area contributed by atoms with Gasteiger partial charge in [-0.2, -0.15) is 4.98 Å². The first kappa shape index (κ1) is 16.9. The number of hydrogen-bond donors (Lipinski definition) is 0. The summed E-state index contributed by atoms with van der Waals surface area (Å²) in [6.45, 7) is 1.76. The molecule has 1 saturated heterocycles. The van der Waals surface area contributed by atoms with Crippen molar-refractivity contribution in [2.75, 3.05) is 13.1 Å². The summed E-state index contributed by atoms with van der Waals surface area (Å²) in [6, 6.07) is 6.10. The van der Waals surface area contributed by atoms with Gasteiger partial charge in [-0.25, -0.2) is 4.39 Å². The van der Waals surface area contributed by atoms with E-state index in [4.69, 9.17) is 4.52 Å². The summed E-state index contributed by atoms with van der Waals surface area (Å²) < 4.78 is 18.8. The molecule has 1 amide bonds. The molecular weight excluding hydrogens is 345 g/mol. The van der Waals surface area contributed by atoms with Crippen molar-refractivity contribution < 1.29 is 13.7 Å². The van der Waals surface area contributed by atoms with Crippen LogP contribution >= 0.6 is 0 Å². The van der Waals surface area contributed by atoms with Gasteiger partial charge < -0.3 is 9.42 Å². The van der Waals surface area contributed by atoms with Gasteiger partial charge in [0.15, 0.2) is 0 Å². The van der Waals surface area contributed by atoms with E-state index < -0.39 is 0 Å². The van der Waals surface area contributed by atoms with E-state index in [2.05, 4.69) is 15.0 Å². The molecule has 142 valence electrons.